The second-order valence-corrected chi connectivity index (χ2v) is 5.97. The molecule has 2 aromatic heterocycles. The van der Waals surface area contributed by atoms with Crippen molar-refractivity contribution in [1.82, 2.24) is 14.5 Å². The maximum absolute atomic E-state index is 11.3. The Morgan fingerprint density at radius 1 is 1.23 bits per heavy atom. The molecular weight excluding hydrogens is 326 g/mol. The molecule has 4 rings (SSSR count). The van der Waals surface area contributed by atoms with E-state index in [1.807, 2.05) is 54.7 Å². The molecule has 0 fully saturated rings. The molecule has 2 aromatic carbocycles. The Kier molecular flexibility index (Phi) is 3.75. The number of carbonyl (C=O) groups is 1. The molecule has 0 saturated heterocycles. The molecule has 0 radical (unpaired) electrons. The van der Waals surface area contributed by atoms with E-state index < -0.39 is 5.91 Å². The van der Waals surface area contributed by atoms with Gasteiger partial charge < -0.3 is 15.3 Å². The van der Waals surface area contributed by atoms with Gasteiger partial charge in [0.05, 0.1) is 16.6 Å². The second kappa shape index (κ2) is 6.22. The third-order valence-electron chi connectivity index (χ3n) is 4.21. The number of H-pyrrole nitrogens is 1. The van der Waals surface area contributed by atoms with E-state index in [1.165, 1.54) is 0 Å². The number of para-hydroxylation sites is 3. The predicted molar refractivity (Wildman–Crippen MR) is 101 cm³/mol. The molecule has 0 aliphatic carbocycles. The normalized spacial score (nSPS) is 11.7. The van der Waals surface area contributed by atoms with Gasteiger partial charge in [-0.15, -0.1) is 0 Å². The summed E-state index contributed by atoms with van der Waals surface area (Å²) in [4.78, 5) is 19.0. The maximum Gasteiger partial charge on any atom is 0.237 e. The predicted octanol–water partition coefficient (Wildman–Crippen LogP) is 3.07. The zero-order chi connectivity index (χ0) is 18.1. The molecule has 0 unspecified atom stereocenters. The van der Waals surface area contributed by atoms with Crippen molar-refractivity contribution in [2.24, 2.45) is 5.73 Å². The first-order chi connectivity index (χ1) is 12.7. The highest BCUT2D eigenvalue weighted by atomic mass is 16.1. The zero-order valence-corrected chi connectivity index (χ0v) is 13.8. The highest BCUT2D eigenvalue weighted by Gasteiger charge is 2.12. The molecule has 4 aromatic rings. The topological polar surface area (TPSA) is 100 Å². The Labute approximate surface area is 149 Å². The molecule has 6 heteroatoms. The van der Waals surface area contributed by atoms with Crippen LogP contribution < -0.4 is 5.73 Å². The summed E-state index contributed by atoms with van der Waals surface area (Å²) in [6.45, 7) is 0.0842. The van der Waals surface area contributed by atoms with Crippen LogP contribution in [0.1, 0.15) is 11.4 Å². The summed E-state index contributed by atoms with van der Waals surface area (Å²) in [5.74, 6) is 0.0968. The van der Waals surface area contributed by atoms with E-state index in [4.69, 9.17) is 5.73 Å². The lowest BCUT2D eigenvalue weighted by Crippen LogP contribution is -2.17. The molecule has 2 heterocycles. The van der Waals surface area contributed by atoms with Crippen LogP contribution in [0.5, 0.6) is 0 Å². The van der Waals surface area contributed by atoms with Crippen LogP contribution >= 0.6 is 0 Å². The van der Waals surface area contributed by atoms with Crippen LogP contribution in [-0.4, -0.2) is 20.4 Å². The number of amides is 1. The zero-order valence-electron chi connectivity index (χ0n) is 13.8. The molecule has 3 N–H and O–H groups in total. The van der Waals surface area contributed by atoms with Crippen molar-refractivity contribution >= 4 is 39.5 Å². The highest BCUT2D eigenvalue weighted by Crippen LogP contribution is 2.26. The number of aromatic nitrogens is 3. The fourth-order valence-corrected chi connectivity index (χ4v) is 3.08. The van der Waals surface area contributed by atoms with E-state index in [9.17, 15) is 10.1 Å². The lowest BCUT2D eigenvalue weighted by Gasteiger charge is -2.00. The number of imidazole rings is 1. The van der Waals surface area contributed by atoms with Crippen molar-refractivity contribution in [3.05, 3.63) is 66.1 Å². The number of fused-ring (bicyclic) bond motifs is 2. The fraction of sp³-hybridized carbons (Fsp3) is 0.0500. The van der Waals surface area contributed by atoms with Gasteiger partial charge in [-0.3, -0.25) is 4.79 Å². The number of nitriles is 1. The molecular formula is C20H15N5O. The lowest BCUT2D eigenvalue weighted by atomic mass is 10.1. The molecule has 126 valence electrons. The largest absolute Gasteiger partial charge is 0.368 e. The summed E-state index contributed by atoms with van der Waals surface area (Å²) in [6, 6.07) is 17.5. The molecule has 0 spiro atoms. The number of primary amides is 1. The molecule has 6 nitrogen and oxygen atoms in total. The number of nitrogens with two attached hydrogens (primary N) is 1. The van der Waals surface area contributed by atoms with Crippen LogP contribution in [0.3, 0.4) is 0 Å². The maximum atomic E-state index is 11.3. The molecule has 0 aliphatic rings. The Hall–Kier alpha value is -3.85. The van der Waals surface area contributed by atoms with Crippen molar-refractivity contribution in [1.29, 1.82) is 5.26 Å². The quantitative estimate of drug-likeness (QED) is 0.558. The van der Waals surface area contributed by atoms with Gasteiger partial charge in [0, 0.05) is 22.7 Å². The summed E-state index contributed by atoms with van der Waals surface area (Å²) in [5, 5.41) is 10.6. The third kappa shape index (κ3) is 2.72. The van der Waals surface area contributed by atoms with Crippen molar-refractivity contribution in [2.75, 3.05) is 0 Å². The van der Waals surface area contributed by atoms with Crippen LogP contribution in [0, 0.1) is 11.3 Å². The summed E-state index contributed by atoms with van der Waals surface area (Å²) in [5.41, 5.74) is 9.16. The van der Waals surface area contributed by atoms with Gasteiger partial charge in [0.15, 0.2) is 0 Å². The van der Waals surface area contributed by atoms with Gasteiger partial charge in [-0.1, -0.05) is 30.3 Å². The standard InChI is InChI=1S/C20H15N5O/c21-10-13(20-23-16-6-2-3-7-17(16)24-20)9-14-11-25(12-19(22)26)18-8-4-1-5-15(14)18/h1-9,11H,12H2,(H2,22,26)(H,23,24)/b13-9-. The van der Waals surface area contributed by atoms with Gasteiger partial charge >= 0.3 is 0 Å². The minimum absolute atomic E-state index is 0.0842. The van der Waals surface area contributed by atoms with Crippen LogP contribution in [0.4, 0.5) is 0 Å². The van der Waals surface area contributed by atoms with Crippen molar-refractivity contribution in [3.63, 3.8) is 0 Å². The van der Waals surface area contributed by atoms with Crippen molar-refractivity contribution < 1.29 is 4.79 Å². The smallest absolute Gasteiger partial charge is 0.237 e. The number of carbonyl (C=O) groups excluding carboxylic acids is 1. The Bertz CT molecular complexity index is 1170. The number of hydrogen-bond donors (Lipinski definition) is 2. The third-order valence-corrected chi connectivity index (χ3v) is 4.21. The van der Waals surface area contributed by atoms with Crippen LogP contribution in [0.25, 0.3) is 33.6 Å². The number of nitrogens with one attached hydrogen (secondary N) is 1. The number of benzene rings is 2. The Balaban J connectivity index is 1.85. The van der Waals surface area contributed by atoms with E-state index in [-0.39, 0.29) is 6.54 Å². The van der Waals surface area contributed by atoms with Crippen LogP contribution in [-0.2, 0) is 11.3 Å². The van der Waals surface area contributed by atoms with Gasteiger partial charge in [0.25, 0.3) is 0 Å². The monoisotopic (exact) mass is 341 g/mol. The SMILES string of the molecule is N#C/C(=C/c1cn(CC(N)=O)c2ccccc12)c1nc2ccccc2[nH]1. The van der Waals surface area contributed by atoms with Crippen LogP contribution in [0.15, 0.2) is 54.7 Å². The Morgan fingerprint density at radius 3 is 2.77 bits per heavy atom. The van der Waals surface area contributed by atoms with Gasteiger partial charge in [0.1, 0.15) is 18.4 Å². The molecule has 0 bridgehead atoms. The van der Waals surface area contributed by atoms with Gasteiger partial charge in [-0.25, -0.2) is 4.98 Å². The minimum atomic E-state index is -0.418. The van der Waals surface area contributed by atoms with Gasteiger partial charge in [0.2, 0.25) is 5.91 Å². The first kappa shape index (κ1) is 15.7. The Morgan fingerprint density at radius 2 is 2.00 bits per heavy atom. The average Bonchev–Trinajstić information content (AvgIpc) is 3.21. The van der Waals surface area contributed by atoms with E-state index in [0.29, 0.717) is 11.4 Å². The second-order valence-electron chi connectivity index (χ2n) is 5.97. The van der Waals surface area contributed by atoms with Crippen molar-refractivity contribution in [2.45, 2.75) is 6.54 Å². The van der Waals surface area contributed by atoms with E-state index in [0.717, 1.165) is 27.5 Å². The lowest BCUT2D eigenvalue weighted by molar-refractivity contribution is -0.118. The number of nitrogens with zero attached hydrogens (tertiary/aromatic N) is 3. The van der Waals surface area contributed by atoms with E-state index >= 15 is 0 Å². The molecule has 0 atom stereocenters. The minimum Gasteiger partial charge on any atom is -0.368 e. The van der Waals surface area contributed by atoms with Gasteiger partial charge in [-0.05, 0) is 24.3 Å². The van der Waals surface area contributed by atoms with Crippen molar-refractivity contribution in [3.8, 4) is 6.07 Å². The first-order valence-corrected chi connectivity index (χ1v) is 8.09. The molecule has 0 aliphatic heterocycles. The van der Waals surface area contributed by atoms with Gasteiger partial charge in [-0.2, -0.15) is 5.26 Å². The molecule has 1 amide bonds. The van der Waals surface area contributed by atoms with E-state index in [2.05, 4.69) is 16.0 Å². The molecule has 0 saturated carbocycles. The first-order valence-electron chi connectivity index (χ1n) is 8.09. The summed E-state index contributed by atoms with van der Waals surface area (Å²) in [7, 11) is 0. The average molecular weight is 341 g/mol. The number of allylic oxidation sites excluding steroid dienone is 1. The fourth-order valence-electron chi connectivity index (χ4n) is 3.08. The molecule has 26 heavy (non-hydrogen) atoms. The number of rotatable bonds is 4. The highest BCUT2D eigenvalue weighted by molar-refractivity contribution is 5.98. The summed E-state index contributed by atoms with van der Waals surface area (Å²) >= 11 is 0. The summed E-state index contributed by atoms with van der Waals surface area (Å²) < 4.78 is 1.79. The van der Waals surface area contributed by atoms with E-state index in [1.54, 1.807) is 10.6 Å². The summed E-state index contributed by atoms with van der Waals surface area (Å²) in [6.07, 6.45) is 3.60. The number of hydrogen-bond acceptors (Lipinski definition) is 3. The van der Waals surface area contributed by atoms with Crippen LogP contribution in [0.2, 0.25) is 0 Å². The number of aromatic amines is 1.